The lowest BCUT2D eigenvalue weighted by Crippen LogP contribution is -2.49. The minimum absolute atomic E-state index is 0. The topological polar surface area (TPSA) is 40.1 Å². The number of benzene rings is 1. The van der Waals surface area contributed by atoms with Crippen molar-refractivity contribution in [2.75, 3.05) is 52.9 Å². The van der Waals surface area contributed by atoms with Crippen molar-refractivity contribution >= 4 is 29.9 Å². The number of rotatable bonds is 4. The number of aryl methyl sites for hydroxylation is 1. The van der Waals surface area contributed by atoms with E-state index in [4.69, 9.17) is 4.74 Å². The molecular formula is C20H33IN4O. The number of nitrogens with one attached hydrogen (secondary N) is 1. The summed E-state index contributed by atoms with van der Waals surface area (Å²) in [6.07, 6.45) is 4.20. The third-order valence-corrected chi connectivity index (χ3v) is 5.27. The number of hydrogen-bond acceptors (Lipinski definition) is 3. The monoisotopic (exact) mass is 472 g/mol. The fraction of sp³-hybridized carbons (Fsp3) is 0.650. The van der Waals surface area contributed by atoms with Crippen molar-refractivity contribution < 1.29 is 4.74 Å². The molecule has 0 aliphatic carbocycles. The summed E-state index contributed by atoms with van der Waals surface area (Å²) in [7, 11) is 1.88. The quantitative estimate of drug-likeness (QED) is 0.416. The normalized spacial score (nSPS) is 22.0. The van der Waals surface area contributed by atoms with Crippen molar-refractivity contribution in [2.45, 2.75) is 32.3 Å². The van der Waals surface area contributed by atoms with Crippen molar-refractivity contribution in [2.24, 2.45) is 4.99 Å². The Kier molecular flexibility index (Phi) is 9.15. The summed E-state index contributed by atoms with van der Waals surface area (Å²) in [5.74, 6) is 0.999. The van der Waals surface area contributed by atoms with E-state index in [1.165, 1.54) is 43.5 Å². The van der Waals surface area contributed by atoms with E-state index in [0.29, 0.717) is 0 Å². The van der Waals surface area contributed by atoms with Gasteiger partial charge < -0.3 is 19.9 Å². The summed E-state index contributed by atoms with van der Waals surface area (Å²) in [6.45, 7) is 9.19. The third kappa shape index (κ3) is 5.82. The van der Waals surface area contributed by atoms with Crippen LogP contribution in [-0.2, 0) is 4.74 Å². The standard InChI is InChI=1S/C20H32N4O.HI/c1-17-8-4-5-9-18(17)19-16-24(14-15-25-19)20(21-2)22-10-13-23-11-6-3-7-12-23;/h4-5,8-9,19H,3,6-7,10-16H2,1-2H3,(H,21,22);1H. The molecular weight excluding hydrogens is 439 g/mol. The van der Waals surface area contributed by atoms with Crippen molar-refractivity contribution in [3.05, 3.63) is 35.4 Å². The van der Waals surface area contributed by atoms with Crippen LogP contribution in [0.5, 0.6) is 0 Å². The van der Waals surface area contributed by atoms with Gasteiger partial charge in [0, 0.05) is 26.7 Å². The number of aliphatic imine (C=N–C) groups is 1. The maximum Gasteiger partial charge on any atom is 0.193 e. The molecule has 1 atom stereocenters. The number of ether oxygens (including phenoxy) is 1. The predicted molar refractivity (Wildman–Crippen MR) is 119 cm³/mol. The Balaban J connectivity index is 0.00000243. The van der Waals surface area contributed by atoms with Crippen molar-refractivity contribution in [1.29, 1.82) is 0 Å². The van der Waals surface area contributed by atoms with Gasteiger partial charge >= 0.3 is 0 Å². The largest absolute Gasteiger partial charge is 0.370 e. The molecule has 2 aliphatic heterocycles. The lowest BCUT2D eigenvalue weighted by Gasteiger charge is -2.36. The van der Waals surface area contributed by atoms with Crippen LogP contribution in [-0.4, -0.2) is 68.7 Å². The van der Waals surface area contributed by atoms with E-state index in [1.54, 1.807) is 0 Å². The number of morpholine rings is 1. The molecule has 146 valence electrons. The summed E-state index contributed by atoms with van der Waals surface area (Å²) >= 11 is 0. The Bertz CT molecular complexity index is 575. The van der Waals surface area contributed by atoms with E-state index in [2.05, 4.69) is 51.3 Å². The molecule has 1 unspecified atom stereocenters. The zero-order valence-corrected chi connectivity index (χ0v) is 18.4. The van der Waals surface area contributed by atoms with Gasteiger partial charge in [-0.15, -0.1) is 24.0 Å². The van der Waals surface area contributed by atoms with E-state index >= 15 is 0 Å². The Morgan fingerprint density at radius 2 is 1.96 bits per heavy atom. The lowest BCUT2D eigenvalue weighted by molar-refractivity contribution is -0.00834. The van der Waals surface area contributed by atoms with Crippen LogP contribution in [0.1, 0.15) is 36.5 Å². The molecule has 6 heteroatoms. The number of likely N-dealkylation sites (tertiary alicyclic amines) is 1. The highest BCUT2D eigenvalue weighted by Crippen LogP contribution is 2.24. The van der Waals surface area contributed by atoms with Crippen LogP contribution in [0.4, 0.5) is 0 Å². The first-order valence-corrected chi connectivity index (χ1v) is 9.63. The van der Waals surface area contributed by atoms with Crippen LogP contribution in [0.2, 0.25) is 0 Å². The maximum absolute atomic E-state index is 6.04. The summed E-state index contributed by atoms with van der Waals surface area (Å²) < 4.78 is 6.04. The van der Waals surface area contributed by atoms with Crippen LogP contribution in [0.25, 0.3) is 0 Å². The first kappa shape index (κ1) is 21.4. The highest BCUT2D eigenvalue weighted by atomic mass is 127. The van der Waals surface area contributed by atoms with E-state index in [1.807, 2.05) is 7.05 Å². The molecule has 0 spiro atoms. The van der Waals surface area contributed by atoms with Crippen LogP contribution in [0, 0.1) is 6.92 Å². The lowest BCUT2D eigenvalue weighted by atomic mass is 10.0. The van der Waals surface area contributed by atoms with Crippen molar-refractivity contribution in [1.82, 2.24) is 15.1 Å². The van der Waals surface area contributed by atoms with Crippen molar-refractivity contribution in [3.63, 3.8) is 0 Å². The zero-order valence-electron chi connectivity index (χ0n) is 16.1. The van der Waals surface area contributed by atoms with Crippen LogP contribution in [0.3, 0.4) is 0 Å². The van der Waals surface area contributed by atoms with Crippen LogP contribution in [0.15, 0.2) is 29.3 Å². The van der Waals surface area contributed by atoms with Crippen molar-refractivity contribution in [3.8, 4) is 0 Å². The van der Waals surface area contributed by atoms with E-state index in [9.17, 15) is 0 Å². The molecule has 1 aromatic carbocycles. The first-order valence-electron chi connectivity index (χ1n) is 9.63. The number of hydrogen-bond donors (Lipinski definition) is 1. The number of halogens is 1. The van der Waals surface area contributed by atoms with E-state index in [0.717, 1.165) is 38.7 Å². The highest BCUT2D eigenvalue weighted by Gasteiger charge is 2.25. The number of piperidine rings is 1. The molecule has 3 rings (SSSR count). The summed E-state index contributed by atoms with van der Waals surface area (Å²) in [5.41, 5.74) is 2.58. The van der Waals surface area contributed by atoms with Gasteiger partial charge in [0.05, 0.1) is 13.2 Å². The molecule has 2 aliphatic rings. The fourth-order valence-corrected chi connectivity index (χ4v) is 3.82. The van der Waals surface area contributed by atoms with Crippen LogP contribution < -0.4 is 5.32 Å². The van der Waals surface area contributed by atoms with Gasteiger partial charge in [-0.05, 0) is 44.0 Å². The average Bonchev–Trinajstić information content (AvgIpc) is 2.66. The SMILES string of the molecule is CN=C(NCCN1CCCCC1)N1CCOC(c2ccccc2C)C1.I. The molecule has 26 heavy (non-hydrogen) atoms. The highest BCUT2D eigenvalue weighted by molar-refractivity contribution is 14.0. The second-order valence-corrected chi connectivity index (χ2v) is 7.04. The predicted octanol–water partition coefficient (Wildman–Crippen LogP) is 3.05. The number of nitrogens with zero attached hydrogens (tertiary/aromatic N) is 3. The average molecular weight is 472 g/mol. The van der Waals surface area contributed by atoms with Gasteiger partial charge in [-0.2, -0.15) is 0 Å². The molecule has 2 heterocycles. The molecule has 1 N–H and O–H groups in total. The zero-order chi connectivity index (χ0) is 17.5. The fourth-order valence-electron chi connectivity index (χ4n) is 3.82. The second-order valence-electron chi connectivity index (χ2n) is 7.04. The van der Waals surface area contributed by atoms with Gasteiger partial charge in [0.25, 0.3) is 0 Å². The Hall–Kier alpha value is -0.860. The van der Waals surface area contributed by atoms with Gasteiger partial charge in [-0.25, -0.2) is 0 Å². The molecule has 2 saturated heterocycles. The first-order chi connectivity index (χ1) is 12.3. The third-order valence-electron chi connectivity index (χ3n) is 5.27. The Morgan fingerprint density at radius 1 is 1.19 bits per heavy atom. The van der Waals surface area contributed by atoms with Gasteiger partial charge in [-0.3, -0.25) is 4.99 Å². The number of guanidine groups is 1. The minimum Gasteiger partial charge on any atom is -0.370 e. The minimum atomic E-state index is 0. The Morgan fingerprint density at radius 3 is 2.69 bits per heavy atom. The maximum atomic E-state index is 6.04. The molecule has 0 radical (unpaired) electrons. The van der Waals surface area contributed by atoms with Gasteiger partial charge in [-0.1, -0.05) is 30.7 Å². The molecule has 0 bridgehead atoms. The van der Waals surface area contributed by atoms with Gasteiger partial charge in [0.1, 0.15) is 6.10 Å². The van der Waals surface area contributed by atoms with Gasteiger partial charge in [0.2, 0.25) is 0 Å². The van der Waals surface area contributed by atoms with E-state index in [-0.39, 0.29) is 30.1 Å². The molecule has 0 saturated carbocycles. The Labute approximate surface area is 175 Å². The molecule has 5 nitrogen and oxygen atoms in total. The van der Waals surface area contributed by atoms with Gasteiger partial charge in [0.15, 0.2) is 5.96 Å². The molecule has 0 aromatic heterocycles. The summed E-state index contributed by atoms with van der Waals surface area (Å²) in [5, 5.41) is 3.55. The molecule has 2 fully saturated rings. The smallest absolute Gasteiger partial charge is 0.193 e. The molecule has 0 amide bonds. The second kappa shape index (κ2) is 11.1. The van der Waals surface area contributed by atoms with E-state index < -0.39 is 0 Å². The summed E-state index contributed by atoms with van der Waals surface area (Å²) in [4.78, 5) is 9.39. The van der Waals surface area contributed by atoms with Crippen LogP contribution >= 0.6 is 24.0 Å². The summed E-state index contributed by atoms with van der Waals surface area (Å²) in [6, 6.07) is 8.51. The molecule has 1 aromatic rings.